The lowest BCUT2D eigenvalue weighted by atomic mass is 9.47. The van der Waals surface area contributed by atoms with Crippen LogP contribution in [0, 0.1) is 92.7 Å². The first-order chi connectivity index (χ1) is 31.4. The van der Waals surface area contributed by atoms with Gasteiger partial charge in [-0.25, -0.2) is 0 Å². The van der Waals surface area contributed by atoms with E-state index in [9.17, 15) is 46.1 Å². The predicted octanol–water partition coefficient (Wildman–Crippen LogP) is 11.9. The molecule has 0 unspecified atom stereocenters. The second-order valence-electron chi connectivity index (χ2n) is 24.9. The van der Waals surface area contributed by atoms with Gasteiger partial charge in [-0.1, -0.05) is 29.8 Å². The molecule has 0 amide bonds. The van der Waals surface area contributed by atoms with Crippen LogP contribution in [-0.2, 0) is 28.5 Å². The quantitative estimate of drug-likeness (QED) is 0.203. The SMILES string of the molecule is C[C@@]1(O)CC[C@H]2[C@H](CC[C@@H]3[C@@H]2CC[C@@]2(C)[C@H]3C[C@H]3C[C@]32C(=O)CBr)C1.C[C@@]1(O)CC[C@H]2[C@H](CC[C@@H]3[C@@H]2CC[C@@]2(C)[C@H]3C[C@H]3C[C@]32C(=O)Cn2cc(C(F)(F)F)cn2)C1.FC(F)(F)c1cn[nH]c1. The molecule has 10 aliphatic rings. The molecule has 12 rings (SSSR count). The maximum atomic E-state index is 13.6. The number of Topliss-reactive ketones (excluding diaryl/α,β-unsaturated/α-hetero) is 2. The molecule has 3 N–H and O–H groups in total. The van der Waals surface area contributed by atoms with E-state index in [1.807, 2.05) is 13.8 Å². The Bertz CT molecular complexity index is 2190. The summed E-state index contributed by atoms with van der Waals surface area (Å²) in [6, 6.07) is 0. The van der Waals surface area contributed by atoms with Gasteiger partial charge in [0.25, 0.3) is 0 Å². The molecule has 0 saturated heterocycles. The molecular formula is C52H71BrF6N4O4. The minimum Gasteiger partial charge on any atom is -0.390 e. The van der Waals surface area contributed by atoms with Crippen molar-refractivity contribution in [2.24, 2.45) is 92.7 Å². The number of aromatic nitrogens is 4. The van der Waals surface area contributed by atoms with Crippen LogP contribution in [0.3, 0.4) is 0 Å². The molecule has 2 heterocycles. The number of hydrogen-bond acceptors (Lipinski definition) is 6. The smallest absolute Gasteiger partial charge is 0.390 e. The number of H-pyrrole nitrogens is 1. The van der Waals surface area contributed by atoms with Gasteiger partial charge in [0.05, 0.1) is 40.1 Å². The van der Waals surface area contributed by atoms with Gasteiger partial charge in [-0.15, -0.1) is 0 Å². The summed E-state index contributed by atoms with van der Waals surface area (Å²) in [5.74, 6) is 9.06. The van der Waals surface area contributed by atoms with E-state index in [2.05, 4.69) is 45.1 Å². The molecule has 0 aromatic carbocycles. The third kappa shape index (κ3) is 7.87. The minimum atomic E-state index is -4.43. The van der Waals surface area contributed by atoms with Crippen molar-refractivity contribution in [1.29, 1.82) is 0 Å². The second-order valence-corrected chi connectivity index (χ2v) is 25.4. The number of nitrogens with one attached hydrogen (secondary N) is 1. The standard InChI is InChI=1S/C26H35F3N2O2.C22H33BrO2.C4H3F3N2/c1-23(33)7-5-18-15(10-23)3-4-20-19(18)6-8-24(2)21(20)9-16-11-25(16,24)22(32)14-31-13-17(12-30-31)26(27,28)29;1-20(25)7-5-15-13(10-20)3-4-17-16(15)6-8-21(2)18(17)9-14-11-22(14,21)19(24)12-23;5-4(6,7)3-1-8-9-2-3/h12-13,15-16,18-21,33H,3-11,14H2,1-2H3;13-18,25H,3-12H2,1-2H3;1-2H,(H,8,9)/t15-,16+,18+,19-,20-,21+,23-,24+,25-;13-,14+,15+,16-,17-,18+,20-,21+,22-;/m11./s1. The summed E-state index contributed by atoms with van der Waals surface area (Å²) in [6.07, 6.45) is 15.2. The van der Waals surface area contributed by atoms with E-state index in [1.54, 1.807) is 0 Å². The van der Waals surface area contributed by atoms with Gasteiger partial charge in [-0.3, -0.25) is 19.4 Å². The number of halogens is 7. The highest BCUT2D eigenvalue weighted by Gasteiger charge is 2.78. The lowest BCUT2D eigenvalue weighted by Gasteiger charge is -2.57. The summed E-state index contributed by atoms with van der Waals surface area (Å²) in [4.78, 5) is 26.4. The number of carbonyl (C=O) groups is 2. The van der Waals surface area contributed by atoms with Crippen LogP contribution in [0.2, 0.25) is 0 Å². The van der Waals surface area contributed by atoms with Gasteiger partial charge in [0.15, 0.2) is 5.78 Å². The highest BCUT2D eigenvalue weighted by molar-refractivity contribution is 9.09. The highest BCUT2D eigenvalue weighted by Crippen LogP contribution is 2.81. The van der Waals surface area contributed by atoms with E-state index in [1.165, 1.54) is 62.5 Å². The maximum absolute atomic E-state index is 13.6. The molecule has 15 heteroatoms. The normalized spacial score (nSPS) is 47.6. The monoisotopic (exact) mass is 1010 g/mol. The Balaban J connectivity index is 0.000000136. The molecule has 0 spiro atoms. The van der Waals surface area contributed by atoms with Gasteiger partial charge in [-0.05, 0) is 211 Å². The van der Waals surface area contributed by atoms with E-state index in [4.69, 9.17) is 0 Å². The van der Waals surface area contributed by atoms with Crippen LogP contribution in [0.1, 0.15) is 154 Å². The molecule has 0 bridgehead atoms. The molecule has 0 radical (unpaired) electrons. The number of alkyl halides is 7. The number of rotatable bonds is 5. The van der Waals surface area contributed by atoms with Gasteiger partial charge < -0.3 is 10.2 Å². The Morgan fingerprint density at radius 1 is 0.657 bits per heavy atom. The fourth-order valence-corrected chi connectivity index (χ4v) is 19.3. The average molecular weight is 1010 g/mol. The zero-order valence-electron chi connectivity index (χ0n) is 39.6. The van der Waals surface area contributed by atoms with Crippen molar-refractivity contribution < 1.29 is 46.1 Å². The summed E-state index contributed by atoms with van der Waals surface area (Å²) in [7, 11) is 0. The Morgan fingerprint density at radius 3 is 1.55 bits per heavy atom. The van der Waals surface area contributed by atoms with Crippen molar-refractivity contribution in [3.05, 3.63) is 35.9 Å². The number of nitrogens with zero attached hydrogens (tertiary/aromatic N) is 3. The Labute approximate surface area is 399 Å². The molecule has 67 heavy (non-hydrogen) atoms. The van der Waals surface area contributed by atoms with Gasteiger partial charge in [-0.2, -0.15) is 36.5 Å². The maximum Gasteiger partial charge on any atom is 0.419 e. The van der Waals surface area contributed by atoms with E-state index < -0.39 is 34.7 Å². The van der Waals surface area contributed by atoms with Crippen LogP contribution in [-0.4, -0.2) is 58.3 Å². The third-order valence-corrected chi connectivity index (χ3v) is 22.3. The van der Waals surface area contributed by atoms with E-state index in [-0.39, 0.29) is 34.0 Å². The Hall–Kier alpha value is -2.26. The topological polar surface area (TPSA) is 121 Å². The molecule has 0 aliphatic heterocycles. The van der Waals surface area contributed by atoms with Gasteiger partial charge in [0.2, 0.25) is 0 Å². The molecule has 8 nitrogen and oxygen atoms in total. The first-order valence-electron chi connectivity index (χ1n) is 25.6. The molecule has 10 aliphatic carbocycles. The first kappa shape index (κ1) is 48.4. The number of carbonyl (C=O) groups excluding carboxylic acids is 2. The van der Waals surface area contributed by atoms with Crippen LogP contribution < -0.4 is 0 Å². The number of aliphatic hydroxyl groups is 2. The van der Waals surface area contributed by atoms with Crippen LogP contribution in [0.4, 0.5) is 26.3 Å². The van der Waals surface area contributed by atoms with E-state index in [0.717, 1.165) is 112 Å². The fraction of sp³-hybridized carbons (Fsp3) is 0.846. The van der Waals surface area contributed by atoms with Crippen LogP contribution in [0.25, 0.3) is 0 Å². The van der Waals surface area contributed by atoms with Crippen molar-refractivity contribution in [1.82, 2.24) is 20.0 Å². The second kappa shape index (κ2) is 16.4. The van der Waals surface area contributed by atoms with Crippen LogP contribution in [0.15, 0.2) is 24.8 Å². The zero-order valence-corrected chi connectivity index (χ0v) is 41.2. The summed E-state index contributed by atoms with van der Waals surface area (Å²) in [5, 5.41) is 30.7. The summed E-state index contributed by atoms with van der Waals surface area (Å²) in [5.41, 5.74) is -2.56. The largest absolute Gasteiger partial charge is 0.419 e. The molecular weight excluding hydrogens is 938 g/mol. The third-order valence-electron chi connectivity index (χ3n) is 21.8. The zero-order chi connectivity index (χ0) is 47.9. The molecule has 2 aromatic heterocycles. The van der Waals surface area contributed by atoms with Gasteiger partial charge in [0, 0.05) is 23.2 Å². The Morgan fingerprint density at radius 2 is 1.13 bits per heavy atom. The highest BCUT2D eigenvalue weighted by atomic mass is 79.9. The number of aromatic amines is 1. The van der Waals surface area contributed by atoms with Crippen molar-refractivity contribution in [3.8, 4) is 0 Å². The van der Waals surface area contributed by atoms with Crippen molar-refractivity contribution >= 4 is 27.5 Å². The van der Waals surface area contributed by atoms with E-state index >= 15 is 0 Å². The van der Waals surface area contributed by atoms with Crippen LogP contribution in [0.5, 0.6) is 0 Å². The van der Waals surface area contributed by atoms with Gasteiger partial charge in [0.1, 0.15) is 12.3 Å². The van der Waals surface area contributed by atoms with Crippen LogP contribution >= 0.6 is 15.9 Å². The lowest BCUT2D eigenvalue weighted by Crippen LogP contribution is -2.52. The van der Waals surface area contributed by atoms with Crippen molar-refractivity contribution in [2.45, 2.75) is 173 Å². The number of ketones is 2. The molecule has 10 fully saturated rings. The first-order valence-corrected chi connectivity index (χ1v) is 26.7. The Kier molecular flexibility index (Phi) is 11.8. The van der Waals surface area contributed by atoms with E-state index in [0.29, 0.717) is 52.5 Å². The summed E-state index contributed by atoms with van der Waals surface area (Å²) >= 11 is 3.48. The lowest BCUT2D eigenvalue weighted by molar-refractivity contribution is -0.140. The summed E-state index contributed by atoms with van der Waals surface area (Å²) < 4.78 is 74.8. The van der Waals surface area contributed by atoms with Gasteiger partial charge >= 0.3 is 12.4 Å². The summed E-state index contributed by atoms with van der Waals surface area (Å²) in [6.45, 7) is 8.79. The fourth-order valence-electron chi connectivity index (χ4n) is 18.8. The number of fused-ring (bicyclic) bond motifs is 14. The molecule has 2 aromatic rings. The van der Waals surface area contributed by atoms with Crippen molar-refractivity contribution in [3.63, 3.8) is 0 Å². The van der Waals surface area contributed by atoms with Crippen molar-refractivity contribution in [2.75, 3.05) is 5.33 Å². The average Bonchev–Trinajstić information content (AvgIpc) is 3.82. The minimum absolute atomic E-state index is 0.0388. The number of hydrogen-bond donors (Lipinski definition) is 3. The molecule has 10 saturated carbocycles. The molecule has 18 atom stereocenters. The molecule has 372 valence electrons. The predicted molar refractivity (Wildman–Crippen MR) is 242 cm³/mol.